The molecule has 0 spiro atoms. The van der Waals surface area contributed by atoms with E-state index in [0.717, 1.165) is 23.5 Å². The second-order valence-corrected chi connectivity index (χ2v) is 7.76. The molecule has 2 aromatic carbocycles. The molecule has 2 aromatic heterocycles. The van der Waals surface area contributed by atoms with Gasteiger partial charge in [0.1, 0.15) is 5.75 Å². The van der Waals surface area contributed by atoms with E-state index in [4.69, 9.17) is 16.3 Å². The number of hydrogen-bond acceptors (Lipinski definition) is 4. The van der Waals surface area contributed by atoms with Gasteiger partial charge in [-0.2, -0.15) is 5.10 Å². The van der Waals surface area contributed by atoms with Crippen molar-refractivity contribution >= 4 is 34.2 Å². The van der Waals surface area contributed by atoms with Gasteiger partial charge < -0.3 is 10.1 Å². The SMILES string of the molecule is CCc1ccc(-n2nc(C)c3c(C(=O)Nc4cc(Cl)ccc4OC)cc(C)nc32)cc1. The maximum Gasteiger partial charge on any atom is 0.256 e. The minimum Gasteiger partial charge on any atom is -0.495 e. The lowest BCUT2D eigenvalue weighted by Crippen LogP contribution is -2.14. The molecule has 0 bridgehead atoms. The van der Waals surface area contributed by atoms with E-state index in [1.807, 2.05) is 26.0 Å². The summed E-state index contributed by atoms with van der Waals surface area (Å²) < 4.78 is 7.14. The maximum atomic E-state index is 13.3. The van der Waals surface area contributed by atoms with Gasteiger partial charge in [-0.15, -0.1) is 0 Å². The van der Waals surface area contributed by atoms with Crippen LogP contribution in [0.25, 0.3) is 16.7 Å². The van der Waals surface area contributed by atoms with Gasteiger partial charge in [0.05, 0.1) is 35.1 Å². The number of amides is 1. The van der Waals surface area contributed by atoms with Crippen molar-refractivity contribution < 1.29 is 9.53 Å². The number of rotatable bonds is 5. The molecule has 0 aliphatic heterocycles. The van der Waals surface area contributed by atoms with E-state index >= 15 is 0 Å². The molecule has 7 heteroatoms. The molecule has 0 atom stereocenters. The van der Waals surface area contributed by atoms with Crippen LogP contribution in [0, 0.1) is 13.8 Å². The average molecular weight is 435 g/mol. The van der Waals surface area contributed by atoms with Crippen molar-refractivity contribution in [2.45, 2.75) is 27.2 Å². The number of ether oxygens (including phenoxy) is 1. The average Bonchev–Trinajstić information content (AvgIpc) is 3.09. The Bertz CT molecular complexity index is 1280. The van der Waals surface area contributed by atoms with Crippen molar-refractivity contribution in [3.8, 4) is 11.4 Å². The van der Waals surface area contributed by atoms with Crippen LogP contribution in [0.1, 0.15) is 34.2 Å². The van der Waals surface area contributed by atoms with Gasteiger partial charge in [0, 0.05) is 10.7 Å². The number of nitrogens with one attached hydrogen (secondary N) is 1. The van der Waals surface area contributed by atoms with E-state index in [1.165, 1.54) is 5.56 Å². The summed E-state index contributed by atoms with van der Waals surface area (Å²) in [5, 5.41) is 8.82. The quantitative estimate of drug-likeness (QED) is 0.449. The molecular formula is C24H23ClN4O2. The number of hydrogen-bond donors (Lipinski definition) is 1. The standard InChI is InChI=1S/C24H23ClN4O2/c1-5-16-6-9-18(10-7-16)29-23-22(15(3)28-29)19(12-14(2)26-23)24(30)27-20-13-17(25)8-11-21(20)31-4/h6-13H,5H2,1-4H3,(H,27,30). The highest BCUT2D eigenvalue weighted by Crippen LogP contribution is 2.30. The summed E-state index contributed by atoms with van der Waals surface area (Å²) in [6.45, 7) is 5.86. The predicted molar refractivity (Wildman–Crippen MR) is 124 cm³/mol. The molecule has 0 saturated carbocycles. The largest absolute Gasteiger partial charge is 0.495 e. The van der Waals surface area contributed by atoms with Crippen LogP contribution in [-0.2, 0) is 6.42 Å². The van der Waals surface area contributed by atoms with Crippen molar-refractivity contribution in [1.82, 2.24) is 14.8 Å². The molecule has 31 heavy (non-hydrogen) atoms. The zero-order valence-electron chi connectivity index (χ0n) is 17.9. The first-order valence-corrected chi connectivity index (χ1v) is 10.4. The van der Waals surface area contributed by atoms with Gasteiger partial charge in [-0.1, -0.05) is 30.7 Å². The third-order valence-corrected chi connectivity index (χ3v) is 5.42. The van der Waals surface area contributed by atoms with E-state index < -0.39 is 0 Å². The van der Waals surface area contributed by atoms with Gasteiger partial charge >= 0.3 is 0 Å². The van der Waals surface area contributed by atoms with Crippen LogP contribution < -0.4 is 10.1 Å². The van der Waals surface area contributed by atoms with E-state index in [9.17, 15) is 4.79 Å². The van der Waals surface area contributed by atoms with E-state index in [-0.39, 0.29) is 5.91 Å². The summed E-state index contributed by atoms with van der Waals surface area (Å²) in [6, 6.07) is 15.1. The Morgan fingerprint density at radius 2 is 1.87 bits per heavy atom. The molecule has 6 nitrogen and oxygen atoms in total. The fourth-order valence-electron chi connectivity index (χ4n) is 3.61. The highest BCUT2D eigenvalue weighted by atomic mass is 35.5. The zero-order valence-corrected chi connectivity index (χ0v) is 18.6. The molecule has 1 amide bonds. The molecule has 0 aliphatic rings. The fraction of sp³-hybridized carbons (Fsp3) is 0.208. The molecule has 4 aromatic rings. The summed E-state index contributed by atoms with van der Waals surface area (Å²) in [5.41, 5.74) is 5.24. The first kappa shape index (κ1) is 20.9. The maximum absolute atomic E-state index is 13.3. The number of fused-ring (bicyclic) bond motifs is 1. The second kappa shape index (κ2) is 8.40. The Hall–Kier alpha value is -3.38. The highest BCUT2D eigenvalue weighted by molar-refractivity contribution is 6.31. The molecule has 0 aliphatic carbocycles. The predicted octanol–water partition coefficient (Wildman–Crippen LogP) is 5.51. The van der Waals surface area contributed by atoms with Crippen LogP contribution in [0.5, 0.6) is 5.75 Å². The van der Waals surface area contributed by atoms with Crippen molar-refractivity contribution in [2.75, 3.05) is 12.4 Å². The first-order chi connectivity index (χ1) is 14.9. The highest BCUT2D eigenvalue weighted by Gasteiger charge is 2.20. The van der Waals surface area contributed by atoms with Crippen LogP contribution in [0.15, 0.2) is 48.5 Å². The van der Waals surface area contributed by atoms with Gasteiger partial charge in [-0.3, -0.25) is 4.79 Å². The van der Waals surface area contributed by atoms with Gasteiger partial charge in [0.2, 0.25) is 0 Å². The first-order valence-electron chi connectivity index (χ1n) is 10.0. The number of carbonyl (C=O) groups excluding carboxylic acids is 1. The lowest BCUT2D eigenvalue weighted by molar-refractivity contribution is 0.102. The molecule has 1 N–H and O–H groups in total. The van der Waals surface area contributed by atoms with Crippen LogP contribution in [0.3, 0.4) is 0 Å². The van der Waals surface area contributed by atoms with Crippen molar-refractivity contribution in [3.05, 3.63) is 76.1 Å². The van der Waals surface area contributed by atoms with Gasteiger partial charge in [0.15, 0.2) is 5.65 Å². The summed E-state index contributed by atoms with van der Waals surface area (Å²) in [7, 11) is 1.55. The number of pyridine rings is 1. The van der Waals surface area contributed by atoms with Gasteiger partial charge in [-0.25, -0.2) is 9.67 Å². The Morgan fingerprint density at radius 1 is 1.13 bits per heavy atom. The van der Waals surface area contributed by atoms with E-state index in [1.54, 1.807) is 36.1 Å². The molecular weight excluding hydrogens is 412 g/mol. The molecule has 158 valence electrons. The molecule has 0 radical (unpaired) electrons. The van der Waals surface area contributed by atoms with Crippen LogP contribution in [0.4, 0.5) is 5.69 Å². The summed E-state index contributed by atoms with van der Waals surface area (Å²) in [5.74, 6) is 0.253. The molecule has 2 heterocycles. The third-order valence-electron chi connectivity index (χ3n) is 5.18. The molecule has 4 rings (SSSR count). The minimum atomic E-state index is -0.278. The smallest absolute Gasteiger partial charge is 0.256 e. The molecule has 0 unspecified atom stereocenters. The molecule has 0 fully saturated rings. The summed E-state index contributed by atoms with van der Waals surface area (Å²) >= 11 is 6.11. The molecule has 0 saturated heterocycles. The van der Waals surface area contributed by atoms with Crippen molar-refractivity contribution in [3.63, 3.8) is 0 Å². The van der Waals surface area contributed by atoms with Crippen LogP contribution in [-0.4, -0.2) is 27.8 Å². The number of halogens is 1. The Kier molecular flexibility index (Phi) is 5.65. The number of anilines is 1. The number of methoxy groups -OCH3 is 1. The van der Waals surface area contributed by atoms with Gasteiger partial charge in [-0.05, 0) is 62.2 Å². The lowest BCUT2D eigenvalue weighted by Gasteiger charge is -2.12. The number of carbonyl (C=O) groups is 1. The second-order valence-electron chi connectivity index (χ2n) is 7.33. The van der Waals surface area contributed by atoms with Crippen molar-refractivity contribution in [2.24, 2.45) is 0 Å². The Morgan fingerprint density at radius 3 is 2.55 bits per heavy atom. The van der Waals surface area contributed by atoms with E-state index in [0.29, 0.717) is 33.1 Å². The number of aromatic nitrogens is 3. The van der Waals surface area contributed by atoms with Crippen LogP contribution in [0.2, 0.25) is 5.02 Å². The normalized spacial score (nSPS) is 11.0. The number of aryl methyl sites for hydroxylation is 3. The minimum absolute atomic E-state index is 0.278. The monoisotopic (exact) mass is 434 g/mol. The zero-order chi connectivity index (χ0) is 22.1. The number of benzene rings is 2. The van der Waals surface area contributed by atoms with Crippen LogP contribution >= 0.6 is 11.6 Å². The Labute approximate surface area is 185 Å². The topological polar surface area (TPSA) is 69.0 Å². The van der Waals surface area contributed by atoms with E-state index in [2.05, 4.69) is 34.5 Å². The number of nitrogens with zero attached hydrogens (tertiary/aromatic N) is 3. The summed E-state index contributed by atoms with van der Waals surface area (Å²) in [4.78, 5) is 18.0. The van der Waals surface area contributed by atoms with Gasteiger partial charge in [0.25, 0.3) is 5.91 Å². The van der Waals surface area contributed by atoms with Crippen molar-refractivity contribution in [1.29, 1.82) is 0 Å². The Balaban J connectivity index is 1.81. The third kappa shape index (κ3) is 3.99. The fourth-order valence-corrected chi connectivity index (χ4v) is 3.79. The summed E-state index contributed by atoms with van der Waals surface area (Å²) in [6.07, 6.45) is 0.966. The lowest BCUT2D eigenvalue weighted by atomic mass is 10.1.